The molecule has 2 aromatic carbocycles. The zero-order valence-electron chi connectivity index (χ0n) is 18.9. The molecule has 0 aliphatic carbocycles. The number of carbonyl (C=O) groups is 1. The van der Waals surface area contributed by atoms with Gasteiger partial charge in [-0.15, -0.1) is 0 Å². The number of hydrogen-bond acceptors (Lipinski definition) is 5. The minimum absolute atomic E-state index is 0.00515. The zero-order valence-corrected chi connectivity index (χ0v) is 21.3. The van der Waals surface area contributed by atoms with Crippen LogP contribution in [0.1, 0.15) is 43.1 Å². The van der Waals surface area contributed by atoms with E-state index in [1.807, 2.05) is 29.2 Å². The molecule has 0 N–H and O–H groups in total. The molecule has 1 amide bonds. The van der Waals surface area contributed by atoms with Crippen molar-refractivity contribution in [2.75, 3.05) is 44.3 Å². The number of thiazole rings is 1. The van der Waals surface area contributed by atoms with Gasteiger partial charge in [-0.2, -0.15) is 0 Å². The number of fused-ring (bicyclic) bond motifs is 1. The number of rotatable bonds is 6. The van der Waals surface area contributed by atoms with Gasteiger partial charge in [-0.3, -0.25) is 14.6 Å². The number of hydrogen-bond donors (Lipinski definition) is 0. The molecule has 0 bridgehead atoms. The second kappa shape index (κ2) is 10.00. The number of aromatic nitrogens is 1. The van der Waals surface area contributed by atoms with Crippen LogP contribution in [0.3, 0.4) is 0 Å². The maximum Gasteiger partial charge on any atom is 0.260 e. The van der Waals surface area contributed by atoms with Crippen molar-refractivity contribution in [3.8, 4) is 0 Å². The predicted molar refractivity (Wildman–Crippen MR) is 136 cm³/mol. The molecule has 0 radical (unpaired) electrons. The van der Waals surface area contributed by atoms with Gasteiger partial charge in [-0.25, -0.2) is 4.98 Å². The third kappa shape index (κ3) is 5.57. The summed E-state index contributed by atoms with van der Waals surface area (Å²) in [6, 6.07) is 14.1. The molecule has 0 atom stereocenters. The Kier molecular flexibility index (Phi) is 7.30. The molecule has 0 unspecified atom stereocenters. The number of nitrogens with zero attached hydrogens (tertiary/aromatic N) is 3. The van der Waals surface area contributed by atoms with Crippen LogP contribution in [0, 0.1) is 0 Å². The Hall–Kier alpha value is -1.80. The third-order valence-electron chi connectivity index (χ3n) is 5.77. The van der Waals surface area contributed by atoms with E-state index in [9.17, 15) is 4.79 Å². The Labute approximate surface area is 202 Å². The van der Waals surface area contributed by atoms with Crippen LogP contribution in [0.4, 0.5) is 5.13 Å². The molecule has 1 aromatic heterocycles. The Bertz CT molecular complexity index is 1070. The molecule has 0 spiro atoms. The van der Waals surface area contributed by atoms with Crippen molar-refractivity contribution in [1.82, 2.24) is 9.88 Å². The van der Waals surface area contributed by atoms with Gasteiger partial charge >= 0.3 is 0 Å². The lowest BCUT2D eigenvalue weighted by Gasteiger charge is -2.28. The Morgan fingerprint density at radius 1 is 1.16 bits per heavy atom. The fraction of sp³-hybridized carbons (Fsp3) is 0.440. The monoisotopic (exact) mass is 515 g/mol. The first-order valence-electron chi connectivity index (χ1n) is 11.1. The van der Waals surface area contributed by atoms with Crippen LogP contribution in [0.2, 0.25) is 0 Å². The molecule has 0 saturated carbocycles. The molecular weight excluding hydrogens is 486 g/mol. The van der Waals surface area contributed by atoms with Crippen molar-refractivity contribution < 1.29 is 9.53 Å². The Balaban J connectivity index is 1.57. The third-order valence-corrected chi connectivity index (χ3v) is 7.31. The molecule has 4 rings (SSSR count). The van der Waals surface area contributed by atoms with E-state index < -0.39 is 0 Å². The SMILES string of the molecule is CC(C)(C)c1ccc(C(=O)N(CCCN2CCOCC2)c2nc3ccc(Br)cc3s2)cc1. The lowest BCUT2D eigenvalue weighted by atomic mass is 9.86. The van der Waals surface area contributed by atoms with E-state index in [1.54, 1.807) is 11.3 Å². The van der Waals surface area contributed by atoms with Crippen molar-refractivity contribution in [3.05, 3.63) is 58.1 Å². The van der Waals surface area contributed by atoms with E-state index in [0.717, 1.165) is 59.1 Å². The van der Waals surface area contributed by atoms with Crippen LogP contribution in [-0.4, -0.2) is 55.2 Å². The number of morpholine rings is 1. The summed E-state index contributed by atoms with van der Waals surface area (Å²) in [7, 11) is 0. The summed E-state index contributed by atoms with van der Waals surface area (Å²) >= 11 is 5.10. The molecular formula is C25H30BrN3O2S. The first-order valence-corrected chi connectivity index (χ1v) is 12.7. The molecule has 3 aromatic rings. The average Bonchev–Trinajstić information content (AvgIpc) is 3.19. The maximum atomic E-state index is 13.6. The van der Waals surface area contributed by atoms with Crippen molar-refractivity contribution >= 4 is 48.5 Å². The van der Waals surface area contributed by atoms with Crippen molar-refractivity contribution in [2.45, 2.75) is 32.6 Å². The highest BCUT2D eigenvalue weighted by Gasteiger charge is 2.23. The normalized spacial score (nSPS) is 15.2. The molecule has 2 heterocycles. The lowest BCUT2D eigenvalue weighted by molar-refractivity contribution is 0.0376. The van der Waals surface area contributed by atoms with Crippen LogP contribution in [0.25, 0.3) is 10.2 Å². The van der Waals surface area contributed by atoms with Gasteiger partial charge < -0.3 is 4.74 Å². The lowest BCUT2D eigenvalue weighted by Crippen LogP contribution is -2.39. The van der Waals surface area contributed by atoms with Gasteiger partial charge in [0.25, 0.3) is 5.91 Å². The quantitative estimate of drug-likeness (QED) is 0.420. The highest BCUT2D eigenvalue weighted by atomic mass is 79.9. The van der Waals surface area contributed by atoms with Gasteiger partial charge in [-0.1, -0.05) is 60.2 Å². The molecule has 170 valence electrons. The predicted octanol–water partition coefficient (Wildman–Crippen LogP) is 5.73. The summed E-state index contributed by atoms with van der Waals surface area (Å²) in [5.41, 5.74) is 2.89. The smallest absolute Gasteiger partial charge is 0.260 e. The summed E-state index contributed by atoms with van der Waals surface area (Å²) in [4.78, 5) is 22.6. The van der Waals surface area contributed by atoms with Crippen LogP contribution >= 0.6 is 27.3 Å². The molecule has 7 heteroatoms. The van der Waals surface area contributed by atoms with E-state index in [0.29, 0.717) is 12.1 Å². The fourth-order valence-corrected chi connectivity index (χ4v) is 5.37. The maximum absolute atomic E-state index is 13.6. The van der Waals surface area contributed by atoms with Gasteiger partial charge in [0.15, 0.2) is 5.13 Å². The van der Waals surface area contributed by atoms with Gasteiger partial charge in [0.05, 0.1) is 23.4 Å². The van der Waals surface area contributed by atoms with Crippen molar-refractivity contribution in [3.63, 3.8) is 0 Å². The van der Waals surface area contributed by atoms with E-state index >= 15 is 0 Å². The number of benzene rings is 2. The van der Waals surface area contributed by atoms with E-state index in [2.05, 4.69) is 59.8 Å². The van der Waals surface area contributed by atoms with E-state index in [1.165, 1.54) is 5.56 Å². The van der Waals surface area contributed by atoms with Crippen LogP contribution < -0.4 is 4.90 Å². The molecule has 1 aliphatic heterocycles. The molecule has 5 nitrogen and oxygen atoms in total. The number of ether oxygens (including phenoxy) is 1. The summed E-state index contributed by atoms with van der Waals surface area (Å²) in [6.07, 6.45) is 0.894. The van der Waals surface area contributed by atoms with Gasteiger partial charge in [0.1, 0.15) is 0 Å². The van der Waals surface area contributed by atoms with E-state index in [4.69, 9.17) is 9.72 Å². The minimum atomic E-state index is 0.00515. The van der Waals surface area contributed by atoms with Crippen LogP contribution in [0.5, 0.6) is 0 Å². The highest BCUT2D eigenvalue weighted by Crippen LogP contribution is 2.32. The van der Waals surface area contributed by atoms with Crippen molar-refractivity contribution in [1.29, 1.82) is 0 Å². The van der Waals surface area contributed by atoms with Crippen LogP contribution in [0.15, 0.2) is 46.9 Å². The van der Waals surface area contributed by atoms with Crippen molar-refractivity contribution in [2.24, 2.45) is 0 Å². The van der Waals surface area contributed by atoms with Gasteiger partial charge in [-0.05, 0) is 47.7 Å². The topological polar surface area (TPSA) is 45.7 Å². The molecule has 32 heavy (non-hydrogen) atoms. The Morgan fingerprint density at radius 3 is 2.56 bits per heavy atom. The largest absolute Gasteiger partial charge is 0.379 e. The second-order valence-electron chi connectivity index (χ2n) is 9.20. The average molecular weight is 517 g/mol. The highest BCUT2D eigenvalue weighted by molar-refractivity contribution is 9.10. The summed E-state index contributed by atoms with van der Waals surface area (Å²) in [5, 5.41) is 0.755. The van der Waals surface area contributed by atoms with Gasteiger partial charge in [0.2, 0.25) is 0 Å². The number of amides is 1. The first-order chi connectivity index (χ1) is 15.3. The van der Waals surface area contributed by atoms with Gasteiger partial charge in [0, 0.05) is 36.2 Å². The molecule has 1 aliphatic rings. The standard InChI is InChI=1S/C25H30BrN3O2S/c1-25(2,3)19-7-5-18(6-8-19)23(30)29(12-4-11-28-13-15-31-16-14-28)24-27-21-10-9-20(26)17-22(21)32-24/h5-10,17H,4,11-16H2,1-3H3. The van der Waals surface area contributed by atoms with E-state index in [-0.39, 0.29) is 11.3 Å². The zero-order chi connectivity index (χ0) is 22.7. The number of anilines is 1. The Morgan fingerprint density at radius 2 is 1.88 bits per heavy atom. The number of carbonyl (C=O) groups excluding carboxylic acids is 1. The molecule has 1 saturated heterocycles. The molecule has 1 fully saturated rings. The fourth-order valence-electron chi connectivity index (χ4n) is 3.83. The van der Waals surface area contributed by atoms with Crippen LogP contribution in [-0.2, 0) is 10.2 Å². The summed E-state index contributed by atoms with van der Waals surface area (Å²) < 4.78 is 7.54. The first kappa shape index (κ1) is 23.4. The number of halogens is 1. The summed E-state index contributed by atoms with van der Waals surface area (Å²) in [5.74, 6) is 0.00515. The second-order valence-corrected chi connectivity index (χ2v) is 11.1. The summed E-state index contributed by atoms with van der Waals surface area (Å²) in [6.45, 7) is 11.6. The minimum Gasteiger partial charge on any atom is -0.379 e.